The number of rotatable bonds is 0. The molecule has 0 aromatic heterocycles. The summed E-state index contributed by atoms with van der Waals surface area (Å²) in [7, 11) is 0. The topological polar surface area (TPSA) is 70.3 Å². The smallest absolute Gasteiger partial charge is 0.330 e. The fourth-order valence-electron chi connectivity index (χ4n) is 2.36. The number of fused-ring (bicyclic) bond motifs is 2. The van der Waals surface area contributed by atoms with Crippen molar-refractivity contribution in [2.75, 3.05) is 0 Å². The van der Waals surface area contributed by atoms with E-state index in [9.17, 15) is 0 Å². The Morgan fingerprint density at radius 2 is 2.38 bits per heavy atom. The van der Waals surface area contributed by atoms with Gasteiger partial charge in [0.2, 0.25) is 0 Å². The van der Waals surface area contributed by atoms with Gasteiger partial charge in [0.15, 0.2) is 0 Å². The molecule has 1 aliphatic carbocycles. The van der Waals surface area contributed by atoms with Gasteiger partial charge in [-0.3, -0.25) is 0 Å². The third-order valence-corrected chi connectivity index (χ3v) is 3.09. The summed E-state index contributed by atoms with van der Waals surface area (Å²) in [4.78, 5) is 0. The van der Waals surface area contributed by atoms with Crippen LogP contribution < -0.4 is 0 Å². The third kappa shape index (κ3) is 0.824. The van der Waals surface area contributed by atoms with Crippen molar-refractivity contribution < 1.29 is 9.47 Å². The molecule has 0 radical (unpaired) electrons. The summed E-state index contributed by atoms with van der Waals surface area (Å²) in [6.45, 7) is 2.07. The van der Waals surface area contributed by atoms with Crippen molar-refractivity contribution in [3.63, 3.8) is 0 Å². The maximum Gasteiger partial charge on any atom is 0.330 e. The molecule has 3 rings (SSSR count). The fraction of sp³-hybridized carbons (Fsp3) is 0.875. The normalized spacial score (nSPS) is 52.1. The second-order valence-corrected chi connectivity index (χ2v) is 4.12. The number of epoxide rings is 1. The number of nitrogens with zero attached hydrogens (tertiary/aromatic N) is 2. The first-order chi connectivity index (χ1) is 6.15. The molecular formula is C8H11N3O2. The molecule has 70 valence electrons. The third-order valence-electron chi connectivity index (χ3n) is 3.09. The van der Waals surface area contributed by atoms with Crippen LogP contribution in [0.4, 0.5) is 0 Å². The molecule has 2 heterocycles. The molecule has 13 heavy (non-hydrogen) atoms. The van der Waals surface area contributed by atoms with Gasteiger partial charge in [0.1, 0.15) is 6.10 Å². The molecule has 1 saturated heterocycles. The van der Waals surface area contributed by atoms with E-state index in [0.717, 1.165) is 19.3 Å². The van der Waals surface area contributed by atoms with Crippen LogP contribution in [0.25, 0.3) is 0 Å². The summed E-state index contributed by atoms with van der Waals surface area (Å²) in [5, 5.41) is 14.9. The number of ether oxygens (including phenoxy) is 2. The lowest BCUT2D eigenvalue weighted by atomic mass is 9.84. The molecule has 1 spiro atoms. The van der Waals surface area contributed by atoms with Crippen molar-refractivity contribution in [2.45, 2.75) is 43.6 Å². The molecule has 0 aromatic carbocycles. The van der Waals surface area contributed by atoms with Gasteiger partial charge in [-0.25, -0.2) is 5.41 Å². The highest BCUT2D eigenvalue weighted by atomic mass is 16.7. The van der Waals surface area contributed by atoms with E-state index in [1.54, 1.807) is 0 Å². The minimum Gasteiger partial charge on any atom is -0.429 e. The van der Waals surface area contributed by atoms with E-state index < -0.39 is 5.72 Å². The van der Waals surface area contributed by atoms with E-state index in [0.29, 0.717) is 0 Å². The van der Waals surface area contributed by atoms with Crippen molar-refractivity contribution in [3.05, 3.63) is 0 Å². The van der Waals surface area contributed by atoms with Crippen molar-refractivity contribution in [2.24, 2.45) is 10.2 Å². The average Bonchev–Trinajstić information content (AvgIpc) is 2.64. The van der Waals surface area contributed by atoms with Crippen LogP contribution >= 0.6 is 0 Å². The van der Waals surface area contributed by atoms with Crippen LogP contribution in [0.2, 0.25) is 0 Å². The van der Waals surface area contributed by atoms with E-state index in [4.69, 9.17) is 14.9 Å². The van der Waals surface area contributed by atoms with Gasteiger partial charge in [0.05, 0.1) is 5.60 Å². The van der Waals surface area contributed by atoms with E-state index >= 15 is 0 Å². The highest BCUT2D eigenvalue weighted by Crippen LogP contribution is 2.55. The fourth-order valence-corrected chi connectivity index (χ4v) is 2.36. The van der Waals surface area contributed by atoms with Crippen LogP contribution in [0, 0.1) is 5.41 Å². The minimum absolute atomic E-state index is 0.0142. The summed E-state index contributed by atoms with van der Waals surface area (Å²) in [5.41, 5.74) is -0.716. The summed E-state index contributed by atoms with van der Waals surface area (Å²) < 4.78 is 10.9. The average molecular weight is 181 g/mol. The quantitative estimate of drug-likeness (QED) is 0.574. The lowest BCUT2D eigenvalue weighted by Gasteiger charge is -2.27. The number of hydrogen-bond acceptors (Lipinski definition) is 4. The molecule has 1 N–H and O–H groups in total. The molecule has 2 fully saturated rings. The van der Waals surface area contributed by atoms with Crippen molar-refractivity contribution in [1.82, 2.24) is 0 Å². The van der Waals surface area contributed by atoms with Gasteiger partial charge in [-0.15, -0.1) is 5.11 Å². The van der Waals surface area contributed by atoms with Crippen LogP contribution in [0.1, 0.15) is 26.2 Å². The minimum atomic E-state index is -0.649. The van der Waals surface area contributed by atoms with E-state index in [-0.39, 0.29) is 17.7 Å². The Hall–Kier alpha value is -0.970. The summed E-state index contributed by atoms with van der Waals surface area (Å²) in [6.07, 6.45) is 2.92. The monoisotopic (exact) mass is 181 g/mol. The molecule has 0 bridgehead atoms. The molecule has 1 saturated carbocycles. The zero-order valence-electron chi connectivity index (χ0n) is 7.41. The zero-order chi connectivity index (χ0) is 9.10. The van der Waals surface area contributed by atoms with E-state index in [1.165, 1.54) is 0 Å². The Kier molecular flexibility index (Phi) is 1.10. The first-order valence-corrected chi connectivity index (χ1v) is 4.53. The Balaban J connectivity index is 1.93. The maximum absolute atomic E-state index is 7.24. The number of nitrogens with one attached hydrogen (secondary N) is 1. The van der Waals surface area contributed by atoms with Gasteiger partial charge in [-0.05, 0) is 19.8 Å². The van der Waals surface area contributed by atoms with Crippen molar-refractivity contribution >= 4 is 6.02 Å². The van der Waals surface area contributed by atoms with Crippen LogP contribution in [0.3, 0.4) is 0 Å². The van der Waals surface area contributed by atoms with Crippen molar-refractivity contribution in [1.29, 1.82) is 5.41 Å². The van der Waals surface area contributed by atoms with Gasteiger partial charge in [0, 0.05) is 6.42 Å². The highest BCUT2D eigenvalue weighted by Gasteiger charge is 2.69. The number of azo groups is 1. The van der Waals surface area contributed by atoms with Crippen LogP contribution in [-0.2, 0) is 9.47 Å². The molecule has 5 heteroatoms. The Bertz CT molecular complexity index is 317. The molecule has 3 aliphatic rings. The largest absolute Gasteiger partial charge is 0.429 e. The van der Waals surface area contributed by atoms with Crippen molar-refractivity contribution in [3.8, 4) is 0 Å². The molecule has 0 unspecified atom stereocenters. The second-order valence-electron chi connectivity index (χ2n) is 4.12. The molecule has 2 aliphatic heterocycles. The lowest BCUT2D eigenvalue weighted by Crippen LogP contribution is -2.41. The van der Waals surface area contributed by atoms with Crippen LogP contribution in [0.5, 0.6) is 0 Å². The van der Waals surface area contributed by atoms with Gasteiger partial charge in [-0.1, -0.05) is 5.11 Å². The standard InChI is InChI=1S/C8H11N3O2/c1-7-3-2-4-8(5(7)12-7)11-10-6(9)13-8/h5,9H,2-4H2,1H3/t5-,7-,8+/m0/s1. The first-order valence-electron chi connectivity index (χ1n) is 4.53. The first kappa shape index (κ1) is 7.44. The Labute approximate surface area is 75.6 Å². The summed E-state index contributed by atoms with van der Waals surface area (Å²) >= 11 is 0. The summed E-state index contributed by atoms with van der Waals surface area (Å²) in [5.74, 6) is 0. The molecular weight excluding hydrogens is 170 g/mol. The SMILES string of the molecule is C[C@]12CCC[C@]3(N=NC(=N)O3)[C@H]1O2. The van der Waals surface area contributed by atoms with Gasteiger partial charge < -0.3 is 9.47 Å². The van der Waals surface area contributed by atoms with Crippen LogP contribution in [-0.4, -0.2) is 23.5 Å². The van der Waals surface area contributed by atoms with E-state index in [1.807, 2.05) is 0 Å². The highest BCUT2D eigenvalue weighted by molar-refractivity contribution is 5.72. The van der Waals surface area contributed by atoms with Gasteiger partial charge in [0.25, 0.3) is 5.72 Å². The molecule has 5 nitrogen and oxygen atoms in total. The maximum atomic E-state index is 7.24. The molecule has 0 aromatic rings. The number of hydrogen-bond donors (Lipinski definition) is 1. The van der Waals surface area contributed by atoms with Gasteiger partial charge >= 0.3 is 6.02 Å². The lowest BCUT2D eigenvalue weighted by molar-refractivity contribution is 0.0319. The second kappa shape index (κ2) is 1.92. The van der Waals surface area contributed by atoms with Gasteiger partial charge in [-0.2, -0.15) is 0 Å². The molecule has 3 atom stereocenters. The summed E-state index contributed by atoms with van der Waals surface area (Å²) in [6, 6.07) is -0.0836. The zero-order valence-corrected chi connectivity index (χ0v) is 7.41. The predicted molar refractivity (Wildman–Crippen MR) is 43.5 cm³/mol. The number of amidine groups is 1. The Morgan fingerprint density at radius 3 is 3.08 bits per heavy atom. The van der Waals surface area contributed by atoms with Crippen LogP contribution in [0.15, 0.2) is 10.2 Å². The van der Waals surface area contributed by atoms with E-state index in [2.05, 4.69) is 17.2 Å². The Morgan fingerprint density at radius 1 is 1.54 bits per heavy atom. The predicted octanol–water partition coefficient (Wildman–Crippen LogP) is 1.44. The molecule has 0 amide bonds.